The van der Waals surface area contributed by atoms with Crippen LogP contribution in [0, 0.1) is 3.95 Å². The van der Waals surface area contributed by atoms with Crippen LogP contribution >= 0.6 is 23.6 Å². The third kappa shape index (κ3) is 2.92. The summed E-state index contributed by atoms with van der Waals surface area (Å²) >= 11 is 6.24. The van der Waals surface area contributed by atoms with Gasteiger partial charge in [-0.25, -0.2) is 0 Å². The number of hydrogen-bond acceptors (Lipinski definition) is 4. The zero-order chi connectivity index (χ0) is 12.3. The van der Waals surface area contributed by atoms with Gasteiger partial charge in [-0.2, -0.15) is 0 Å². The number of anilines is 1. The highest BCUT2D eigenvalue weighted by Crippen LogP contribution is 2.17. The van der Waals surface area contributed by atoms with E-state index < -0.39 is 0 Å². The fourth-order valence-corrected chi connectivity index (χ4v) is 2.10. The van der Waals surface area contributed by atoms with E-state index in [1.807, 2.05) is 12.1 Å². The van der Waals surface area contributed by atoms with Crippen molar-refractivity contribution in [3.05, 3.63) is 39.3 Å². The molecule has 0 radical (unpaired) electrons. The Balaban J connectivity index is 2.15. The van der Waals surface area contributed by atoms with E-state index in [-0.39, 0.29) is 5.91 Å². The number of thiazole rings is 1. The first-order valence-corrected chi connectivity index (χ1v) is 6.11. The normalized spacial score (nSPS) is 9.94. The van der Waals surface area contributed by atoms with Crippen molar-refractivity contribution in [2.45, 2.75) is 0 Å². The first kappa shape index (κ1) is 11.8. The largest absolute Gasteiger partial charge is 0.497 e. The highest BCUT2D eigenvalue weighted by molar-refractivity contribution is 7.73. The number of ether oxygens (including phenoxy) is 1. The van der Waals surface area contributed by atoms with Crippen molar-refractivity contribution in [3.8, 4) is 5.75 Å². The predicted octanol–water partition coefficient (Wildman–Crippen LogP) is 3.07. The number of rotatable bonds is 3. The molecule has 4 nitrogen and oxygen atoms in total. The Kier molecular flexibility index (Phi) is 3.55. The Morgan fingerprint density at radius 3 is 3.00 bits per heavy atom. The molecular weight excluding hydrogens is 256 g/mol. The van der Waals surface area contributed by atoms with Crippen LogP contribution in [0.4, 0.5) is 5.69 Å². The summed E-state index contributed by atoms with van der Waals surface area (Å²) in [5, 5.41) is 4.45. The lowest BCUT2D eigenvalue weighted by atomic mass is 10.3. The Bertz CT molecular complexity index is 589. The molecule has 0 aliphatic carbocycles. The van der Waals surface area contributed by atoms with E-state index >= 15 is 0 Å². The van der Waals surface area contributed by atoms with Gasteiger partial charge in [0.15, 0.2) is 3.95 Å². The second-order valence-corrected chi connectivity index (χ2v) is 4.79. The number of carbonyl (C=O) groups is 1. The summed E-state index contributed by atoms with van der Waals surface area (Å²) < 4.78 is 5.66. The van der Waals surface area contributed by atoms with Crippen LogP contribution in [-0.4, -0.2) is 18.0 Å². The number of benzene rings is 1. The van der Waals surface area contributed by atoms with E-state index in [0.29, 0.717) is 21.1 Å². The van der Waals surface area contributed by atoms with Gasteiger partial charge in [-0.1, -0.05) is 6.07 Å². The summed E-state index contributed by atoms with van der Waals surface area (Å²) in [5.41, 5.74) is 1.14. The number of nitrogens with one attached hydrogen (secondary N) is 2. The minimum absolute atomic E-state index is 0.217. The molecule has 0 saturated heterocycles. The van der Waals surface area contributed by atoms with Crippen molar-refractivity contribution >= 4 is 35.1 Å². The lowest BCUT2D eigenvalue weighted by molar-refractivity contribution is 0.102. The van der Waals surface area contributed by atoms with Crippen molar-refractivity contribution in [2.75, 3.05) is 12.4 Å². The van der Waals surface area contributed by atoms with Gasteiger partial charge in [-0.15, -0.1) is 11.3 Å². The minimum Gasteiger partial charge on any atom is -0.497 e. The van der Waals surface area contributed by atoms with Gasteiger partial charge in [-0.3, -0.25) is 4.79 Å². The third-order valence-electron chi connectivity index (χ3n) is 2.09. The molecule has 1 amide bonds. The minimum atomic E-state index is -0.217. The van der Waals surface area contributed by atoms with Crippen LogP contribution < -0.4 is 10.1 Å². The molecule has 0 atom stereocenters. The Morgan fingerprint density at radius 2 is 2.35 bits per heavy atom. The molecular formula is C11H10N2O2S2. The van der Waals surface area contributed by atoms with E-state index in [9.17, 15) is 4.79 Å². The van der Waals surface area contributed by atoms with Crippen LogP contribution in [0.1, 0.15) is 10.5 Å². The molecule has 0 fully saturated rings. The topological polar surface area (TPSA) is 54.1 Å². The van der Waals surface area contributed by atoms with Crippen LogP contribution in [-0.2, 0) is 0 Å². The monoisotopic (exact) mass is 266 g/mol. The fourth-order valence-electron chi connectivity index (χ4n) is 1.29. The van der Waals surface area contributed by atoms with Crippen LogP contribution in [0.3, 0.4) is 0 Å². The van der Waals surface area contributed by atoms with Gasteiger partial charge in [0.2, 0.25) is 0 Å². The van der Waals surface area contributed by atoms with Gasteiger partial charge in [0.05, 0.1) is 7.11 Å². The molecule has 2 aromatic rings. The maximum absolute atomic E-state index is 11.8. The summed E-state index contributed by atoms with van der Waals surface area (Å²) in [7, 11) is 1.58. The molecule has 0 aliphatic rings. The van der Waals surface area contributed by atoms with Gasteiger partial charge < -0.3 is 15.0 Å². The van der Waals surface area contributed by atoms with E-state index in [1.54, 1.807) is 24.6 Å². The maximum atomic E-state index is 11.8. The number of carbonyl (C=O) groups excluding carboxylic acids is 1. The Morgan fingerprint density at radius 1 is 1.53 bits per heavy atom. The SMILES string of the molecule is COc1cccc(NC(=O)c2csc(=S)[nH]2)c1. The quantitative estimate of drug-likeness (QED) is 0.839. The maximum Gasteiger partial charge on any atom is 0.272 e. The summed E-state index contributed by atoms with van der Waals surface area (Å²) in [4.78, 5) is 14.6. The van der Waals surface area contributed by atoms with Crippen LogP contribution in [0.2, 0.25) is 0 Å². The number of hydrogen-bond donors (Lipinski definition) is 2. The molecule has 0 spiro atoms. The molecule has 0 unspecified atom stereocenters. The summed E-state index contributed by atoms with van der Waals surface area (Å²) in [6.45, 7) is 0. The highest BCUT2D eigenvalue weighted by atomic mass is 32.1. The van der Waals surface area contributed by atoms with Gasteiger partial charge in [0.1, 0.15) is 11.4 Å². The smallest absolute Gasteiger partial charge is 0.272 e. The lowest BCUT2D eigenvalue weighted by Crippen LogP contribution is -2.12. The average molecular weight is 266 g/mol. The molecule has 1 heterocycles. The third-order valence-corrected chi connectivity index (χ3v) is 3.15. The fraction of sp³-hybridized carbons (Fsp3) is 0.0909. The lowest BCUT2D eigenvalue weighted by Gasteiger charge is -2.05. The van der Waals surface area contributed by atoms with Crippen molar-refractivity contribution < 1.29 is 9.53 Å². The van der Waals surface area contributed by atoms with Gasteiger partial charge in [-0.05, 0) is 24.4 Å². The van der Waals surface area contributed by atoms with E-state index in [2.05, 4.69) is 10.3 Å². The van der Waals surface area contributed by atoms with Crippen molar-refractivity contribution in [1.29, 1.82) is 0 Å². The first-order valence-electron chi connectivity index (χ1n) is 4.82. The number of aromatic amines is 1. The van der Waals surface area contributed by atoms with E-state index in [4.69, 9.17) is 17.0 Å². The van der Waals surface area contributed by atoms with E-state index in [0.717, 1.165) is 0 Å². The number of aromatic nitrogens is 1. The Hall–Kier alpha value is -1.66. The van der Waals surface area contributed by atoms with Crippen LogP contribution in [0.25, 0.3) is 0 Å². The molecule has 88 valence electrons. The molecule has 1 aromatic heterocycles. The van der Waals surface area contributed by atoms with E-state index in [1.165, 1.54) is 11.3 Å². The average Bonchev–Trinajstić information content (AvgIpc) is 2.76. The number of amides is 1. The number of H-pyrrole nitrogens is 1. The first-order chi connectivity index (χ1) is 8.19. The van der Waals surface area contributed by atoms with Crippen molar-refractivity contribution in [2.24, 2.45) is 0 Å². The molecule has 0 bridgehead atoms. The zero-order valence-electron chi connectivity index (χ0n) is 9.02. The van der Waals surface area contributed by atoms with Crippen molar-refractivity contribution in [3.63, 3.8) is 0 Å². The van der Waals surface area contributed by atoms with Crippen LogP contribution in [0.5, 0.6) is 5.75 Å². The molecule has 6 heteroatoms. The second-order valence-electron chi connectivity index (χ2n) is 3.25. The molecule has 2 N–H and O–H groups in total. The molecule has 1 aromatic carbocycles. The van der Waals surface area contributed by atoms with Gasteiger partial charge >= 0.3 is 0 Å². The van der Waals surface area contributed by atoms with Gasteiger partial charge in [0.25, 0.3) is 5.91 Å². The highest BCUT2D eigenvalue weighted by Gasteiger charge is 2.07. The second kappa shape index (κ2) is 5.11. The Labute approximate surface area is 107 Å². The molecule has 17 heavy (non-hydrogen) atoms. The number of methoxy groups -OCH3 is 1. The standard InChI is InChI=1S/C11H10N2O2S2/c1-15-8-4-2-3-7(5-8)12-10(14)9-6-17-11(16)13-9/h2-6H,1H3,(H,12,14)(H,13,16). The molecule has 2 rings (SSSR count). The van der Waals surface area contributed by atoms with Crippen molar-refractivity contribution in [1.82, 2.24) is 4.98 Å². The van der Waals surface area contributed by atoms with Crippen LogP contribution in [0.15, 0.2) is 29.6 Å². The van der Waals surface area contributed by atoms with Gasteiger partial charge in [0, 0.05) is 17.1 Å². The summed E-state index contributed by atoms with van der Waals surface area (Å²) in [6.07, 6.45) is 0. The summed E-state index contributed by atoms with van der Waals surface area (Å²) in [5.74, 6) is 0.478. The molecule has 0 saturated carbocycles. The predicted molar refractivity (Wildman–Crippen MR) is 70.5 cm³/mol. The molecule has 0 aliphatic heterocycles. The zero-order valence-corrected chi connectivity index (χ0v) is 10.7. The summed E-state index contributed by atoms with van der Waals surface area (Å²) in [6, 6.07) is 7.16.